The molecule has 76 valence electrons. The van der Waals surface area contributed by atoms with Crippen LogP contribution in [-0.2, 0) is 11.1 Å². The van der Waals surface area contributed by atoms with E-state index in [1.807, 2.05) is 0 Å². The highest BCUT2D eigenvalue weighted by atomic mass is 79.9. The first-order chi connectivity index (χ1) is 6.43. The molecule has 0 radical (unpaired) electrons. The van der Waals surface area contributed by atoms with Crippen LogP contribution in [0.5, 0.6) is 0 Å². The number of benzene rings is 1. The van der Waals surface area contributed by atoms with E-state index in [1.165, 1.54) is 0 Å². The minimum atomic E-state index is -2.35. The maximum atomic E-state index is 13.0. The SMILES string of the molecule is O=C(O)c1cc(S(=O)O)c(Br)cc1F. The Hall–Kier alpha value is -0.790. The van der Waals surface area contributed by atoms with Crippen LogP contribution >= 0.6 is 15.9 Å². The number of hydrogen-bond acceptors (Lipinski definition) is 2. The molecule has 0 fully saturated rings. The predicted octanol–water partition coefficient (Wildman–Crippen LogP) is 1.87. The van der Waals surface area contributed by atoms with Gasteiger partial charge in [0.05, 0.1) is 10.5 Å². The maximum absolute atomic E-state index is 13.0. The van der Waals surface area contributed by atoms with Gasteiger partial charge in [-0.2, -0.15) is 0 Å². The van der Waals surface area contributed by atoms with Gasteiger partial charge in [-0.1, -0.05) is 0 Å². The number of carbonyl (C=O) groups is 1. The third kappa shape index (κ3) is 2.17. The van der Waals surface area contributed by atoms with Gasteiger partial charge >= 0.3 is 5.97 Å². The molecule has 7 heteroatoms. The zero-order valence-electron chi connectivity index (χ0n) is 6.53. The highest BCUT2D eigenvalue weighted by Gasteiger charge is 2.16. The lowest BCUT2D eigenvalue weighted by molar-refractivity contribution is 0.0691. The van der Waals surface area contributed by atoms with E-state index >= 15 is 0 Å². The van der Waals surface area contributed by atoms with E-state index in [2.05, 4.69) is 15.9 Å². The van der Waals surface area contributed by atoms with Crippen LogP contribution in [0.25, 0.3) is 0 Å². The van der Waals surface area contributed by atoms with E-state index in [0.717, 1.165) is 12.1 Å². The van der Waals surface area contributed by atoms with Crippen molar-refractivity contribution >= 4 is 33.0 Å². The largest absolute Gasteiger partial charge is 0.478 e. The topological polar surface area (TPSA) is 74.6 Å². The summed E-state index contributed by atoms with van der Waals surface area (Å²) in [6.07, 6.45) is 0. The quantitative estimate of drug-likeness (QED) is 0.812. The monoisotopic (exact) mass is 282 g/mol. The lowest BCUT2D eigenvalue weighted by Crippen LogP contribution is -2.03. The zero-order valence-corrected chi connectivity index (χ0v) is 8.93. The Bertz CT molecular complexity index is 385. The maximum Gasteiger partial charge on any atom is 0.338 e. The zero-order chi connectivity index (χ0) is 10.9. The average Bonchev–Trinajstić information content (AvgIpc) is 2.02. The predicted molar refractivity (Wildman–Crippen MR) is 50.1 cm³/mol. The average molecular weight is 283 g/mol. The first-order valence-electron chi connectivity index (χ1n) is 3.26. The fourth-order valence-corrected chi connectivity index (χ4v) is 2.00. The number of hydrogen-bond donors (Lipinski definition) is 2. The normalized spacial score (nSPS) is 12.5. The number of rotatable bonds is 2. The summed E-state index contributed by atoms with van der Waals surface area (Å²) in [5.74, 6) is -2.44. The van der Waals surface area contributed by atoms with E-state index in [-0.39, 0.29) is 9.37 Å². The Morgan fingerprint density at radius 2 is 2.07 bits per heavy atom. The van der Waals surface area contributed by atoms with Crippen molar-refractivity contribution in [2.75, 3.05) is 0 Å². The molecular formula is C7H4BrFO4S. The smallest absolute Gasteiger partial charge is 0.338 e. The molecule has 0 aliphatic carbocycles. The van der Waals surface area contributed by atoms with E-state index in [1.54, 1.807) is 0 Å². The van der Waals surface area contributed by atoms with Crippen molar-refractivity contribution in [1.82, 2.24) is 0 Å². The number of halogens is 2. The molecule has 1 unspecified atom stereocenters. The molecule has 1 aromatic carbocycles. The van der Waals surface area contributed by atoms with E-state index in [4.69, 9.17) is 9.66 Å². The summed E-state index contributed by atoms with van der Waals surface area (Å²) in [6, 6.07) is 1.66. The second-order valence-electron chi connectivity index (χ2n) is 2.32. The Morgan fingerprint density at radius 1 is 1.50 bits per heavy atom. The van der Waals surface area contributed by atoms with Crippen LogP contribution in [0.3, 0.4) is 0 Å². The minimum Gasteiger partial charge on any atom is -0.478 e. The molecule has 0 aliphatic rings. The summed E-state index contributed by atoms with van der Waals surface area (Å²) in [6.45, 7) is 0. The van der Waals surface area contributed by atoms with Gasteiger partial charge in [0.2, 0.25) is 0 Å². The molecule has 0 saturated carbocycles. The highest BCUT2D eigenvalue weighted by Crippen LogP contribution is 2.23. The van der Waals surface area contributed by atoms with Crippen LogP contribution in [0.2, 0.25) is 0 Å². The second kappa shape index (κ2) is 4.16. The standard InChI is InChI=1S/C7H4BrFO4S/c8-4-2-5(9)3(7(10)11)1-6(4)14(12)13/h1-2H,(H,10,11)(H,12,13). The van der Waals surface area contributed by atoms with Crippen LogP contribution in [0.4, 0.5) is 4.39 Å². The van der Waals surface area contributed by atoms with E-state index in [0.29, 0.717) is 0 Å². The third-order valence-corrected chi connectivity index (χ3v) is 3.07. The summed E-state index contributed by atoms with van der Waals surface area (Å²) in [4.78, 5) is 10.3. The van der Waals surface area contributed by atoms with E-state index in [9.17, 15) is 13.4 Å². The van der Waals surface area contributed by atoms with Crippen molar-refractivity contribution in [3.63, 3.8) is 0 Å². The van der Waals surface area contributed by atoms with Gasteiger partial charge in [0, 0.05) is 4.47 Å². The van der Waals surface area contributed by atoms with Gasteiger partial charge in [-0.15, -0.1) is 0 Å². The van der Waals surface area contributed by atoms with Crippen molar-refractivity contribution in [2.45, 2.75) is 4.90 Å². The van der Waals surface area contributed by atoms with Gasteiger partial charge in [-0.05, 0) is 28.1 Å². The van der Waals surface area contributed by atoms with Crippen LogP contribution in [0, 0.1) is 5.82 Å². The lowest BCUT2D eigenvalue weighted by atomic mass is 10.2. The van der Waals surface area contributed by atoms with Gasteiger partial charge in [0.1, 0.15) is 5.82 Å². The number of carboxylic acid groups (broad SMARTS) is 1. The molecule has 4 nitrogen and oxygen atoms in total. The van der Waals surface area contributed by atoms with Crippen molar-refractivity contribution in [3.05, 3.63) is 28.0 Å². The van der Waals surface area contributed by atoms with Crippen LogP contribution in [-0.4, -0.2) is 19.8 Å². The number of carboxylic acids is 1. The van der Waals surface area contributed by atoms with Gasteiger partial charge in [-0.25, -0.2) is 13.4 Å². The Labute approximate surface area is 89.2 Å². The van der Waals surface area contributed by atoms with Crippen molar-refractivity contribution in [2.24, 2.45) is 0 Å². The van der Waals surface area contributed by atoms with Crippen molar-refractivity contribution in [1.29, 1.82) is 0 Å². The lowest BCUT2D eigenvalue weighted by Gasteiger charge is -2.02. The van der Waals surface area contributed by atoms with Gasteiger partial charge in [0.25, 0.3) is 0 Å². The molecule has 0 amide bonds. The molecule has 0 saturated heterocycles. The minimum absolute atomic E-state index is 0.0563. The molecule has 2 N–H and O–H groups in total. The first kappa shape index (κ1) is 11.3. The first-order valence-corrected chi connectivity index (χ1v) is 5.16. The summed E-state index contributed by atoms with van der Waals surface area (Å²) in [5.41, 5.74) is -0.634. The highest BCUT2D eigenvalue weighted by molar-refractivity contribution is 9.10. The van der Waals surface area contributed by atoms with Crippen LogP contribution in [0.15, 0.2) is 21.5 Å². The van der Waals surface area contributed by atoms with Gasteiger partial charge < -0.3 is 9.66 Å². The summed E-state index contributed by atoms with van der Waals surface area (Å²) in [5, 5.41) is 8.53. The molecule has 1 rings (SSSR count). The fourth-order valence-electron chi connectivity index (χ4n) is 0.827. The Balaban J connectivity index is 3.42. The van der Waals surface area contributed by atoms with Gasteiger partial charge in [-0.3, -0.25) is 0 Å². The summed E-state index contributed by atoms with van der Waals surface area (Å²) in [7, 11) is 0. The number of aromatic carboxylic acids is 1. The molecule has 0 aliphatic heterocycles. The summed E-state index contributed by atoms with van der Waals surface area (Å²) >= 11 is 0.492. The molecule has 1 aromatic rings. The molecule has 0 bridgehead atoms. The van der Waals surface area contributed by atoms with Crippen LogP contribution in [0.1, 0.15) is 10.4 Å². The molecular weight excluding hydrogens is 279 g/mol. The van der Waals surface area contributed by atoms with Crippen molar-refractivity contribution < 1.29 is 23.1 Å². The Morgan fingerprint density at radius 3 is 2.50 bits per heavy atom. The second-order valence-corrected chi connectivity index (χ2v) is 4.11. The molecule has 0 aromatic heterocycles. The molecule has 1 atom stereocenters. The molecule has 14 heavy (non-hydrogen) atoms. The summed E-state index contributed by atoms with van der Waals surface area (Å²) < 4.78 is 32.4. The molecule has 0 spiro atoms. The Kier molecular flexibility index (Phi) is 3.35. The van der Waals surface area contributed by atoms with E-state index < -0.39 is 28.4 Å². The van der Waals surface area contributed by atoms with Gasteiger partial charge in [0.15, 0.2) is 11.1 Å². The van der Waals surface area contributed by atoms with Crippen molar-refractivity contribution in [3.8, 4) is 0 Å². The molecule has 0 heterocycles. The van der Waals surface area contributed by atoms with Crippen LogP contribution < -0.4 is 0 Å². The fraction of sp³-hybridized carbons (Fsp3) is 0. The third-order valence-electron chi connectivity index (χ3n) is 1.44.